The van der Waals surface area contributed by atoms with Crippen molar-refractivity contribution >= 4 is 10.0 Å². The zero-order chi connectivity index (χ0) is 9.03. The van der Waals surface area contributed by atoms with E-state index in [-0.39, 0.29) is 0 Å². The smallest absolute Gasteiger partial charge is 0.208 e. The summed E-state index contributed by atoms with van der Waals surface area (Å²) in [6.07, 6.45) is 3.47. The molecule has 12 heavy (non-hydrogen) atoms. The van der Waals surface area contributed by atoms with E-state index >= 15 is 0 Å². The summed E-state index contributed by atoms with van der Waals surface area (Å²) in [6.45, 7) is 2.89. The Hall–Kier alpha value is -0.130. The van der Waals surface area contributed by atoms with Crippen molar-refractivity contribution < 1.29 is 13.7 Å². The summed E-state index contributed by atoms with van der Waals surface area (Å²) in [5, 5.41) is 2.27. The third-order valence-corrected chi connectivity index (χ3v) is 2.88. The lowest BCUT2D eigenvalue weighted by molar-refractivity contribution is -0.664. The highest BCUT2D eigenvalue weighted by Crippen LogP contribution is 2.06. The fourth-order valence-electron chi connectivity index (χ4n) is 1.47. The molecule has 0 bridgehead atoms. The van der Waals surface area contributed by atoms with E-state index in [9.17, 15) is 8.42 Å². The summed E-state index contributed by atoms with van der Waals surface area (Å²) in [5.41, 5.74) is 0. The van der Waals surface area contributed by atoms with Gasteiger partial charge in [-0.25, -0.2) is 13.1 Å². The minimum atomic E-state index is -2.98. The van der Waals surface area contributed by atoms with E-state index in [1.54, 1.807) is 0 Å². The normalized spacial score (nSPS) is 21.1. The summed E-state index contributed by atoms with van der Waals surface area (Å²) in [4.78, 5) is 0. The van der Waals surface area contributed by atoms with Crippen molar-refractivity contribution in [1.82, 2.24) is 4.72 Å². The van der Waals surface area contributed by atoms with Crippen LogP contribution in [-0.4, -0.2) is 34.3 Å². The van der Waals surface area contributed by atoms with Crippen LogP contribution in [0.25, 0.3) is 0 Å². The van der Waals surface area contributed by atoms with Crippen LogP contribution in [0.1, 0.15) is 12.8 Å². The predicted octanol–water partition coefficient (Wildman–Crippen LogP) is -1.49. The second-order valence-corrected chi connectivity index (χ2v) is 5.26. The first kappa shape index (κ1) is 9.95. The van der Waals surface area contributed by atoms with Crippen molar-refractivity contribution in [3.63, 3.8) is 0 Å². The molecular weight excluding hydrogens is 176 g/mol. The highest BCUT2D eigenvalue weighted by molar-refractivity contribution is 7.88. The molecule has 3 N–H and O–H groups in total. The van der Waals surface area contributed by atoms with Crippen LogP contribution in [0.4, 0.5) is 0 Å². The molecule has 0 aromatic heterocycles. The number of rotatable bonds is 3. The van der Waals surface area contributed by atoms with Crippen LogP contribution in [0.15, 0.2) is 0 Å². The first-order valence-corrected chi connectivity index (χ1v) is 6.23. The summed E-state index contributed by atoms with van der Waals surface area (Å²) in [7, 11) is -2.98. The lowest BCUT2D eigenvalue weighted by Crippen LogP contribution is -2.86. The molecule has 72 valence electrons. The van der Waals surface area contributed by atoms with Gasteiger partial charge in [0.2, 0.25) is 10.0 Å². The third-order valence-electron chi connectivity index (χ3n) is 2.19. The van der Waals surface area contributed by atoms with Gasteiger partial charge in [-0.2, -0.15) is 0 Å². The maximum atomic E-state index is 10.8. The Kier molecular flexibility index (Phi) is 3.49. The molecule has 0 amide bonds. The van der Waals surface area contributed by atoms with E-state index in [0.717, 1.165) is 25.9 Å². The zero-order valence-corrected chi connectivity index (χ0v) is 8.23. The Morgan fingerprint density at radius 1 is 1.42 bits per heavy atom. The molecule has 1 aliphatic heterocycles. The number of quaternary nitrogens is 1. The first-order chi connectivity index (χ1) is 5.58. The van der Waals surface area contributed by atoms with Crippen LogP contribution in [-0.2, 0) is 10.0 Å². The van der Waals surface area contributed by atoms with E-state index in [1.807, 2.05) is 0 Å². The van der Waals surface area contributed by atoms with Gasteiger partial charge in [0.05, 0.1) is 19.3 Å². The molecule has 5 heteroatoms. The Bertz CT molecular complexity index is 220. The quantitative estimate of drug-likeness (QED) is 0.573. The summed E-state index contributed by atoms with van der Waals surface area (Å²) in [5.74, 6) is 0.546. The van der Waals surface area contributed by atoms with Crippen molar-refractivity contribution in [2.45, 2.75) is 12.8 Å². The minimum absolute atomic E-state index is 0.546. The molecular formula is C7H17N2O2S+. The van der Waals surface area contributed by atoms with Gasteiger partial charge in [-0.3, -0.25) is 0 Å². The SMILES string of the molecule is CS(=O)(=O)NCC1CC[NH2+]CC1. The molecule has 0 unspecified atom stereocenters. The number of nitrogens with one attached hydrogen (secondary N) is 1. The van der Waals surface area contributed by atoms with Crippen molar-refractivity contribution in [2.24, 2.45) is 5.92 Å². The lowest BCUT2D eigenvalue weighted by Gasteiger charge is -2.19. The van der Waals surface area contributed by atoms with E-state index in [0.29, 0.717) is 12.5 Å². The second kappa shape index (κ2) is 4.20. The maximum absolute atomic E-state index is 10.8. The number of hydrogen-bond acceptors (Lipinski definition) is 2. The van der Waals surface area contributed by atoms with Gasteiger partial charge in [0.15, 0.2) is 0 Å². The molecule has 0 saturated carbocycles. The monoisotopic (exact) mass is 193 g/mol. The predicted molar refractivity (Wildman–Crippen MR) is 47.2 cm³/mol. The van der Waals surface area contributed by atoms with Gasteiger partial charge in [0, 0.05) is 19.4 Å². The van der Waals surface area contributed by atoms with Crippen molar-refractivity contribution in [3.05, 3.63) is 0 Å². The molecule has 1 aliphatic rings. The molecule has 0 aromatic rings. The van der Waals surface area contributed by atoms with E-state index in [4.69, 9.17) is 0 Å². The maximum Gasteiger partial charge on any atom is 0.208 e. The first-order valence-electron chi connectivity index (χ1n) is 4.34. The molecule has 1 heterocycles. The van der Waals surface area contributed by atoms with Gasteiger partial charge in [0.25, 0.3) is 0 Å². The van der Waals surface area contributed by atoms with Gasteiger partial charge >= 0.3 is 0 Å². The number of hydrogen-bond donors (Lipinski definition) is 2. The molecule has 1 rings (SSSR count). The summed E-state index contributed by atoms with van der Waals surface area (Å²) >= 11 is 0. The van der Waals surface area contributed by atoms with E-state index in [1.165, 1.54) is 6.26 Å². The highest BCUT2D eigenvalue weighted by atomic mass is 32.2. The highest BCUT2D eigenvalue weighted by Gasteiger charge is 2.16. The topological polar surface area (TPSA) is 62.8 Å². The third kappa shape index (κ3) is 4.04. The fraction of sp³-hybridized carbons (Fsp3) is 1.00. The Morgan fingerprint density at radius 3 is 2.50 bits per heavy atom. The fourth-order valence-corrected chi connectivity index (χ4v) is 2.01. The number of nitrogens with two attached hydrogens (primary N) is 1. The number of piperidine rings is 1. The van der Waals surface area contributed by atoms with Crippen LogP contribution < -0.4 is 10.0 Å². The molecule has 0 aliphatic carbocycles. The van der Waals surface area contributed by atoms with Gasteiger partial charge in [-0.1, -0.05) is 0 Å². The Balaban J connectivity index is 2.22. The lowest BCUT2D eigenvalue weighted by atomic mass is 9.99. The largest absolute Gasteiger partial charge is 0.346 e. The van der Waals surface area contributed by atoms with Crippen LogP contribution in [0.5, 0.6) is 0 Å². The van der Waals surface area contributed by atoms with E-state index < -0.39 is 10.0 Å². The van der Waals surface area contributed by atoms with Gasteiger partial charge in [0.1, 0.15) is 0 Å². The van der Waals surface area contributed by atoms with E-state index in [2.05, 4.69) is 10.0 Å². The van der Waals surface area contributed by atoms with Crippen LogP contribution in [0, 0.1) is 5.92 Å². The van der Waals surface area contributed by atoms with Crippen molar-refractivity contribution in [3.8, 4) is 0 Å². The van der Waals surface area contributed by atoms with Crippen LogP contribution in [0.2, 0.25) is 0 Å². The standard InChI is InChI=1S/C7H16N2O2S/c1-12(10,11)9-6-7-2-4-8-5-3-7/h7-9H,2-6H2,1H3/p+1. The van der Waals surface area contributed by atoms with Crippen molar-refractivity contribution in [2.75, 3.05) is 25.9 Å². The van der Waals surface area contributed by atoms with Crippen LogP contribution >= 0.6 is 0 Å². The minimum Gasteiger partial charge on any atom is -0.346 e. The van der Waals surface area contributed by atoms with Gasteiger partial charge < -0.3 is 5.32 Å². The molecule has 1 fully saturated rings. The molecule has 0 atom stereocenters. The molecule has 4 nitrogen and oxygen atoms in total. The molecule has 0 spiro atoms. The Morgan fingerprint density at radius 2 is 2.00 bits per heavy atom. The molecule has 1 saturated heterocycles. The molecule has 0 aromatic carbocycles. The van der Waals surface area contributed by atoms with Crippen LogP contribution in [0.3, 0.4) is 0 Å². The molecule has 0 radical (unpaired) electrons. The van der Waals surface area contributed by atoms with Gasteiger partial charge in [-0.05, 0) is 5.92 Å². The zero-order valence-electron chi connectivity index (χ0n) is 7.41. The summed E-state index contributed by atoms with van der Waals surface area (Å²) < 4.78 is 24.1. The Labute approximate surface area is 73.8 Å². The summed E-state index contributed by atoms with van der Waals surface area (Å²) in [6, 6.07) is 0. The average molecular weight is 193 g/mol. The van der Waals surface area contributed by atoms with Gasteiger partial charge in [-0.15, -0.1) is 0 Å². The second-order valence-electron chi connectivity index (χ2n) is 3.43. The van der Waals surface area contributed by atoms with Crippen molar-refractivity contribution in [1.29, 1.82) is 0 Å². The average Bonchev–Trinajstić information content (AvgIpc) is 2.02. The number of sulfonamides is 1.